The third-order valence-corrected chi connectivity index (χ3v) is 6.78. The van der Waals surface area contributed by atoms with Crippen LogP contribution in [-0.4, -0.2) is 53.3 Å². The zero-order chi connectivity index (χ0) is 22.8. The minimum absolute atomic E-state index is 0.186. The molecule has 7 heteroatoms. The largest absolute Gasteiger partial charge is 0.367 e. The van der Waals surface area contributed by atoms with E-state index in [0.29, 0.717) is 5.69 Å². The van der Waals surface area contributed by atoms with E-state index in [4.69, 9.17) is 5.10 Å². The van der Waals surface area contributed by atoms with Crippen LogP contribution in [0.15, 0.2) is 48.5 Å². The van der Waals surface area contributed by atoms with Gasteiger partial charge in [-0.3, -0.25) is 4.79 Å². The highest BCUT2D eigenvalue weighted by Gasteiger charge is 2.27. The third-order valence-electron chi connectivity index (χ3n) is 6.78. The van der Waals surface area contributed by atoms with E-state index >= 15 is 0 Å². The Morgan fingerprint density at radius 2 is 1.73 bits per heavy atom. The van der Waals surface area contributed by atoms with Crippen LogP contribution >= 0.6 is 0 Å². The van der Waals surface area contributed by atoms with E-state index in [2.05, 4.69) is 28.1 Å². The molecule has 2 heterocycles. The normalized spacial score (nSPS) is 16.5. The van der Waals surface area contributed by atoms with Crippen molar-refractivity contribution in [3.8, 4) is 5.69 Å². The number of benzene rings is 2. The predicted molar refractivity (Wildman–Crippen MR) is 129 cm³/mol. The topological polar surface area (TPSA) is 53.4 Å². The molecule has 0 unspecified atom stereocenters. The van der Waals surface area contributed by atoms with Crippen LogP contribution in [0.5, 0.6) is 0 Å². The predicted octanol–water partition coefficient (Wildman–Crippen LogP) is 4.28. The summed E-state index contributed by atoms with van der Waals surface area (Å²) in [6.45, 7) is 7.18. The standard InChI is InChI=1S/C26H30FN5O/c1-2-30-15-17-31(18-16-30)24-10-6-4-8-22(24)28-26(33)25-21-7-3-5-9-23(21)32(29-25)20-13-11-19(27)12-14-20/h4,6,8,10-14H,2-3,5,7,9,15-18H2,1H3,(H,28,33). The number of aromatic nitrogens is 2. The second kappa shape index (κ2) is 9.35. The van der Waals surface area contributed by atoms with E-state index in [1.54, 1.807) is 12.1 Å². The summed E-state index contributed by atoms with van der Waals surface area (Å²) in [5.41, 5.74) is 5.18. The van der Waals surface area contributed by atoms with Gasteiger partial charge in [-0.2, -0.15) is 5.10 Å². The first-order valence-corrected chi connectivity index (χ1v) is 11.9. The Morgan fingerprint density at radius 1 is 1.00 bits per heavy atom. The number of nitrogens with zero attached hydrogens (tertiary/aromatic N) is 4. The van der Waals surface area contributed by atoms with Crippen LogP contribution < -0.4 is 10.2 Å². The molecule has 1 amide bonds. The molecule has 33 heavy (non-hydrogen) atoms. The summed E-state index contributed by atoms with van der Waals surface area (Å²) in [6.07, 6.45) is 3.80. The molecule has 0 atom stereocenters. The number of halogens is 1. The van der Waals surface area contributed by atoms with Gasteiger partial charge in [0.1, 0.15) is 5.82 Å². The van der Waals surface area contributed by atoms with Crippen molar-refractivity contribution in [2.24, 2.45) is 0 Å². The van der Waals surface area contributed by atoms with E-state index < -0.39 is 0 Å². The molecular formula is C26H30FN5O. The van der Waals surface area contributed by atoms with Crippen molar-refractivity contribution in [3.63, 3.8) is 0 Å². The molecular weight excluding hydrogens is 417 g/mol. The summed E-state index contributed by atoms with van der Waals surface area (Å²) in [5.74, 6) is -0.470. The highest BCUT2D eigenvalue weighted by atomic mass is 19.1. The molecule has 1 saturated heterocycles. The molecule has 0 spiro atoms. The highest BCUT2D eigenvalue weighted by molar-refractivity contribution is 6.05. The maximum atomic E-state index is 13.4. The van der Waals surface area contributed by atoms with E-state index in [9.17, 15) is 9.18 Å². The number of anilines is 2. The second-order valence-corrected chi connectivity index (χ2v) is 8.76. The molecule has 1 aliphatic carbocycles. The molecule has 2 aliphatic rings. The minimum atomic E-state index is -0.283. The van der Waals surface area contributed by atoms with Crippen molar-refractivity contribution in [2.75, 3.05) is 42.9 Å². The monoisotopic (exact) mass is 447 g/mol. The maximum absolute atomic E-state index is 13.4. The molecule has 172 valence electrons. The molecule has 6 nitrogen and oxygen atoms in total. The molecule has 1 aliphatic heterocycles. The number of amides is 1. The van der Waals surface area contributed by atoms with E-state index in [0.717, 1.165) is 86.7 Å². The number of likely N-dealkylation sites (N-methyl/N-ethyl adjacent to an activating group) is 1. The summed E-state index contributed by atoms with van der Waals surface area (Å²) < 4.78 is 15.3. The van der Waals surface area contributed by atoms with Gasteiger partial charge in [-0.05, 0) is 68.6 Å². The number of para-hydroxylation sites is 2. The Morgan fingerprint density at radius 3 is 2.48 bits per heavy atom. The molecule has 1 fully saturated rings. The molecule has 1 N–H and O–H groups in total. The smallest absolute Gasteiger partial charge is 0.276 e. The van der Waals surface area contributed by atoms with Crippen LogP contribution in [0.4, 0.5) is 15.8 Å². The number of hydrogen-bond acceptors (Lipinski definition) is 4. The first-order valence-electron chi connectivity index (χ1n) is 11.9. The van der Waals surface area contributed by atoms with Gasteiger partial charge in [-0.25, -0.2) is 9.07 Å². The number of carbonyl (C=O) groups is 1. The van der Waals surface area contributed by atoms with Crippen molar-refractivity contribution in [1.82, 2.24) is 14.7 Å². The summed E-state index contributed by atoms with van der Waals surface area (Å²) in [4.78, 5) is 18.2. The van der Waals surface area contributed by atoms with Crippen molar-refractivity contribution in [1.29, 1.82) is 0 Å². The SMILES string of the molecule is CCN1CCN(c2ccccc2NC(=O)c2nn(-c3ccc(F)cc3)c3c2CCCC3)CC1. The number of fused-ring (bicyclic) bond motifs is 1. The number of hydrogen-bond donors (Lipinski definition) is 1. The lowest BCUT2D eigenvalue weighted by molar-refractivity contribution is 0.102. The molecule has 0 saturated carbocycles. The summed E-state index contributed by atoms with van der Waals surface area (Å²) in [7, 11) is 0. The Balaban J connectivity index is 1.43. The molecule has 3 aromatic rings. The van der Waals surface area contributed by atoms with Crippen molar-refractivity contribution >= 4 is 17.3 Å². The maximum Gasteiger partial charge on any atom is 0.276 e. The minimum Gasteiger partial charge on any atom is -0.367 e. The van der Waals surface area contributed by atoms with Crippen LogP contribution in [0.1, 0.15) is 41.5 Å². The van der Waals surface area contributed by atoms with Crippen molar-refractivity contribution < 1.29 is 9.18 Å². The van der Waals surface area contributed by atoms with E-state index in [1.165, 1.54) is 12.1 Å². The first-order chi connectivity index (χ1) is 16.1. The van der Waals surface area contributed by atoms with Gasteiger partial charge >= 0.3 is 0 Å². The molecule has 0 bridgehead atoms. The van der Waals surface area contributed by atoms with Crippen LogP contribution in [-0.2, 0) is 12.8 Å². The van der Waals surface area contributed by atoms with Crippen LogP contribution in [0.3, 0.4) is 0 Å². The van der Waals surface area contributed by atoms with Crippen molar-refractivity contribution in [2.45, 2.75) is 32.6 Å². The molecule has 0 radical (unpaired) electrons. The van der Waals surface area contributed by atoms with Gasteiger partial charge in [-0.1, -0.05) is 19.1 Å². The van der Waals surface area contributed by atoms with E-state index in [1.807, 2.05) is 22.9 Å². The molecule has 5 rings (SSSR count). The van der Waals surface area contributed by atoms with Gasteiger partial charge in [-0.15, -0.1) is 0 Å². The Kier molecular flexibility index (Phi) is 6.13. The fourth-order valence-electron chi connectivity index (χ4n) is 4.92. The lowest BCUT2D eigenvalue weighted by Crippen LogP contribution is -2.46. The first kappa shape index (κ1) is 21.6. The zero-order valence-electron chi connectivity index (χ0n) is 19.1. The van der Waals surface area contributed by atoms with Gasteiger partial charge in [0.15, 0.2) is 5.69 Å². The number of piperazine rings is 1. The Bertz CT molecular complexity index is 1130. The van der Waals surface area contributed by atoms with Gasteiger partial charge in [0, 0.05) is 37.4 Å². The summed E-state index contributed by atoms with van der Waals surface area (Å²) >= 11 is 0. The third kappa shape index (κ3) is 4.37. The number of rotatable bonds is 5. The summed E-state index contributed by atoms with van der Waals surface area (Å²) in [5, 5.41) is 7.86. The average Bonchev–Trinajstić information content (AvgIpc) is 3.25. The van der Waals surface area contributed by atoms with Crippen molar-refractivity contribution in [3.05, 3.63) is 71.3 Å². The lowest BCUT2D eigenvalue weighted by Gasteiger charge is -2.36. The second-order valence-electron chi connectivity index (χ2n) is 8.76. The average molecular weight is 448 g/mol. The fourth-order valence-corrected chi connectivity index (χ4v) is 4.92. The van der Waals surface area contributed by atoms with Gasteiger partial charge in [0.05, 0.1) is 17.1 Å². The van der Waals surface area contributed by atoms with Gasteiger partial charge in [0.2, 0.25) is 0 Å². The molecule has 1 aromatic heterocycles. The fraction of sp³-hybridized carbons (Fsp3) is 0.385. The highest BCUT2D eigenvalue weighted by Crippen LogP contribution is 2.30. The Hall–Kier alpha value is -3.19. The van der Waals surface area contributed by atoms with Crippen LogP contribution in [0.2, 0.25) is 0 Å². The summed E-state index contributed by atoms with van der Waals surface area (Å²) in [6, 6.07) is 14.3. The van der Waals surface area contributed by atoms with Gasteiger partial charge in [0.25, 0.3) is 5.91 Å². The zero-order valence-corrected chi connectivity index (χ0v) is 19.1. The lowest BCUT2D eigenvalue weighted by atomic mass is 9.95. The number of nitrogens with one attached hydrogen (secondary N) is 1. The van der Waals surface area contributed by atoms with E-state index in [-0.39, 0.29) is 11.7 Å². The molecule has 2 aromatic carbocycles. The Labute approximate surface area is 194 Å². The van der Waals surface area contributed by atoms with Crippen LogP contribution in [0, 0.1) is 5.82 Å². The number of carbonyl (C=O) groups excluding carboxylic acids is 1. The quantitative estimate of drug-likeness (QED) is 0.634. The van der Waals surface area contributed by atoms with Gasteiger partial charge < -0.3 is 15.1 Å². The van der Waals surface area contributed by atoms with Crippen LogP contribution in [0.25, 0.3) is 5.69 Å².